The number of hydrogen-bond donors (Lipinski definition) is 0. The Bertz CT molecular complexity index is 1750. The van der Waals surface area contributed by atoms with Crippen molar-refractivity contribution < 1.29 is 36.2 Å². The molecule has 4 saturated heterocycles. The van der Waals surface area contributed by atoms with Crippen molar-refractivity contribution in [2.75, 3.05) is 31.0 Å². The first-order valence-corrected chi connectivity index (χ1v) is 33.6. The van der Waals surface area contributed by atoms with E-state index < -0.39 is 50.7 Å². The zero-order chi connectivity index (χ0) is 46.5. The average Bonchev–Trinajstić information content (AvgIpc) is 3.73. The second-order valence-corrected chi connectivity index (χ2v) is 36.7. The first-order valence-electron chi connectivity index (χ1n) is 24.1. The number of sulfone groups is 1. The lowest BCUT2D eigenvalue weighted by Gasteiger charge is -2.42. The number of benzene rings is 1. The van der Waals surface area contributed by atoms with Crippen molar-refractivity contribution in [3.63, 3.8) is 0 Å². The van der Waals surface area contributed by atoms with E-state index in [4.69, 9.17) is 27.8 Å². The highest BCUT2D eigenvalue weighted by Gasteiger charge is 2.50. The van der Waals surface area contributed by atoms with E-state index in [1.54, 1.807) is 19.2 Å². The molecule has 360 valence electrons. The maximum absolute atomic E-state index is 14.4. The van der Waals surface area contributed by atoms with Crippen molar-refractivity contribution in [2.45, 2.75) is 214 Å². The van der Waals surface area contributed by atoms with E-state index in [-0.39, 0.29) is 52.3 Å². The van der Waals surface area contributed by atoms with Crippen molar-refractivity contribution in [3.05, 3.63) is 54.1 Å². The van der Waals surface area contributed by atoms with Crippen molar-refractivity contribution in [1.29, 1.82) is 0 Å². The Hall–Kier alpha value is -0.456. The van der Waals surface area contributed by atoms with Gasteiger partial charge in [-0.15, -0.1) is 23.5 Å². The molecule has 0 amide bonds. The molecule has 0 aliphatic carbocycles. The monoisotopic (exact) mass is 967 g/mol. The predicted molar refractivity (Wildman–Crippen MR) is 271 cm³/mol. The van der Waals surface area contributed by atoms with E-state index in [0.29, 0.717) is 28.9 Å². The summed E-state index contributed by atoms with van der Waals surface area (Å²) in [5, 5.41) is 0.0294. The fraction of sp³-hybridized carbons (Fsp3) is 0.800. The zero-order valence-corrected chi connectivity index (χ0v) is 45.9. The summed E-state index contributed by atoms with van der Waals surface area (Å²) in [7, 11) is -6.36. The van der Waals surface area contributed by atoms with Gasteiger partial charge in [-0.05, 0) is 134 Å². The molecule has 1 aromatic carbocycles. The van der Waals surface area contributed by atoms with Crippen molar-refractivity contribution in [3.8, 4) is 0 Å². The van der Waals surface area contributed by atoms with E-state index >= 15 is 0 Å². The molecule has 0 spiro atoms. The molecule has 0 bridgehead atoms. The van der Waals surface area contributed by atoms with Gasteiger partial charge in [-0.2, -0.15) is 0 Å². The number of thioether (sulfide) groups is 2. The minimum Gasteiger partial charge on any atom is -0.414 e. The number of rotatable bonds is 20. The molecule has 0 N–H and O–H groups in total. The SMILES string of the molecule is C=C1C[C@H](CCC2SCCCS2)O[C@H]1CC[C@H]1C[C@@H](C)C(=C)[C@@H](C[C@@H]2O[C@H](CC(CO[Si](C)(C)C(C)(C)C)O[Si](C)(C)C(C)(C)C)[C@H](OC)[C@H]2CS(=O)(=O)c2ccc(CC)cc2)O1. The smallest absolute Gasteiger partial charge is 0.192 e. The molecule has 1 unspecified atom stereocenters. The van der Waals surface area contributed by atoms with Gasteiger partial charge in [0, 0.05) is 25.9 Å². The maximum atomic E-state index is 14.4. The van der Waals surface area contributed by atoms with Gasteiger partial charge in [0.2, 0.25) is 0 Å². The van der Waals surface area contributed by atoms with Gasteiger partial charge in [0.15, 0.2) is 26.5 Å². The summed E-state index contributed by atoms with van der Waals surface area (Å²) >= 11 is 4.22. The Morgan fingerprint density at radius 1 is 0.841 bits per heavy atom. The first kappa shape index (κ1) is 53.5. The van der Waals surface area contributed by atoms with Gasteiger partial charge in [0.05, 0.1) is 70.7 Å². The molecular weight excluding hydrogens is 881 g/mol. The summed E-state index contributed by atoms with van der Waals surface area (Å²) < 4.78 is 70.5. The van der Waals surface area contributed by atoms with Gasteiger partial charge in [0.1, 0.15) is 0 Å². The van der Waals surface area contributed by atoms with E-state index in [2.05, 4.69) is 118 Å². The third-order valence-corrected chi connectivity index (χ3v) is 29.3. The number of methoxy groups -OCH3 is 1. The Labute approximate surface area is 395 Å². The van der Waals surface area contributed by atoms with Crippen molar-refractivity contribution in [2.24, 2.45) is 11.8 Å². The van der Waals surface area contributed by atoms with Crippen molar-refractivity contribution in [1.82, 2.24) is 0 Å². The third kappa shape index (κ3) is 14.3. The van der Waals surface area contributed by atoms with Gasteiger partial charge in [-0.3, -0.25) is 0 Å². The fourth-order valence-electron chi connectivity index (χ4n) is 9.09. The van der Waals surface area contributed by atoms with Crippen LogP contribution in [-0.4, -0.2) is 109 Å². The molecule has 4 fully saturated rings. The van der Waals surface area contributed by atoms with Gasteiger partial charge in [-0.25, -0.2) is 8.42 Å². The third-order valence-electron chi connectivity index (χ3n) is 15.3. The maximum Gasteiger partial charge on any atom is 0.192 e. The molecule has 13 heteroatoms. The van der Waals surface area contributed by atoms with E-state index in [1.165, 1.54) is 29.9 Å². The van der Waals surface area contributed by atoms with Gasteiger partial charge < -0.3 is 27.8 Å². The molecular formula is C50H86O8S3Si2. The second-order valence-electron chi connectivity index (χ2n) is 22.1. The Balaban J connectivity index is 1.35. The van der Waals surface area contributed by atoms with Crippen LogP contribution < -0.4 is 0 Å². The van der Waals surface area contributed by atoms with Gasteiger partial charge in [-0.1, -0.05) is 80.7 Å². The number of ether oxygens (including phenoxy) is 4. The largest absolute Gasteiger partial charge is 0.414 e. The second kappa shape index (κ2) is 22.3. The summed E-state index contributed by atoms with van der Waals surface area (Å²) in [5.74, 6) is 2.28. The van der Waals surface area contributed by atoms with Crippen LogP contribution in [0.1, 0.15) is 119 Å². The summed E-state index contributed by atoms with van der Waals surface area (Å²) in [6.07, 6.45) is 7.62. The highest BCUT2D eigenvalue weighted by molar-refractivity contribution is 8.17. The van der Waals surface area contributed by atoms with Crippen LogP contribution in [0.25, 0.3) is 0 Å². The van der Waals surface area contributed by atoms with Crippen LogP contribution in [0.3, 0.4) is 0 Å². The van der Waals surface area contributed by atoms with Gasteiger partial charge >= 0.3 is 0 Å². The van der Waals surface area contributed by atoms with Crippen LogP contribution in [0, 0.1) is 11.8 Å². The Morgan fingerprint density at radius 3 is 2.06 bits per heavy atom. The minimum atomic E-state index is -3.70. The highest BCUT2D eigenvalue weighted by Crippen LogP contribution is 2.44. The molecule has 10 atom stereocenters. The summed E-state index contributed by atoms with van der Waals surface area (Å²) in [4.78, 5) is 0.329. The molecule has 0 aromatic heterocycles. The topological polar surface area (TPSA) is 89.5 Å². The molecule has 0 saturated carbocycles. The molecule has 4 aliphatic heterocycles. The van der Waals surface area contributed by atoms with E-state index in [0.717, 1.165) is 49.7 Å². The van der Waals surface area contributed by atoms with Crippen LogP contribution in [0.5, 0.6) is 0 Å². The average molecular weight is 968 g/mol. The van der Waals surface area contributed by atoms with E-state index in [9.17, 15) is 8.42 Å². The van der Waals surface area contributed by atoms with Crippen LogP contribution in [-0.2, 0) is 44.1 Å². The quantitative estimate of drug-likeness (QED) is 0.0930. The predicted octanol–water partition coefficient (Wildman–Crippen LogP) is 12.4. The lowest BCUT2D eigenvalue weighted by Crippen LogP contribution is -2.49. The lowest BCUT2D eigenvalue weighted by molar-refractivity contribution is -0.0782. The van der Waals surface area contributed by atoms with E-state index in [1.807, 2.05) is 12.1 Å². The molecule has 8 nitrogen and oxygen atoms in total. The standard InChI is InChI=1S/C50H86O8S3Si2/c1-16-37-18-22-41(23-19-37)61(51,52)33-42-45(57-46(48(42)53-11)30-40(58-63(14,15)50(8,9)10)32-54-62(12,13)49(5,6)7)31-44-36(4)34(2)28-38(56-44)20-24-43-35(3)29-39(55-43)21-25-47-59-26-17-27-60-47/h18-19,22-23,34,38-40,42-48H,3-4,16-17,20-21,24-33H2,1-2,5-15H3/t34-,38+,39+,40?,42+,43+,44-,45+,46-,48-/m1/s1. The Kier molecular flexibility index (Phi) is 19.0. The molecule has 0 radical (unpaired) electrons. The molecule has 4 aliphatic rings. The normalized spacial score (nSPS) is 30.0. The lowest BCUT2D eigenvalue weighted by atomic mass is 9.83. The molecule has 63 heavy (non-hydrogen) atoms. The minimum absolute atomic E-state index is 0.0103. The van der Waals surface area contributed by atoms with Crippen LogP contribution in [0.2, 0.25) is 36.3 Å². The number of hydrogen-bond acceptors (Lipinski definition) is 10. The molecule has 1 aromatic rings. The molecule has 5 rings (SSSR count). The highest BCUT2D eigenvalue weighted by atomic mass is 32.2. The van der Waals surface area contributed by atoms with Crippen LogP contribution in [0.4, 0.5) is 0 Å². The first-order chi connectivity index (χ1) is 29.3. The van der Waals surface area contributed by atoms with Crippen LogP contribution in [0.15, 0.2) is 53.5 Å². The van der Waals surface area contributed by atoms with Crippen LogP contribution >= 0.6 is 23.5 Å². The van der Waals surface area contributed by atoms with Gasteiger partial charge in [0.25, 0.3) is 0 Å². The number of aryl methyl sites for hydroxylation is 1. The fourth-order valence-corrected chi connectivity index (χ4v) is 16.0. The summed E-state index contributed by atoms with van der Waals surface area (Å²) in [6.45, 7) is 36.5. The zero-order valence-electron chi connectivity index (χ0n) is 41.5. The summed E-state index contributed by atoms with van der Waals surface area (Å²) in [5.41, 5.74) is 3.36. The van der Waals surface area contributed by atoms with Crippen molar-refractivity contribution >= 4 is 50.0 Å². The molecule has 4 heterocycles. The summed E-state index contributed by atoms with van der Waals surface area (Å²) in [6, 6.07) is 7.33. The Morgan fingerprint density at radius 2 is 1.46 bits per heavy atom.